The van der Waals surface area contributed by atoms with Crippen molar-refractivity contribution in [3.8, 4) is 0 Å². The van der Waals surface area contributed by atoms with E-state index in [9.17, 15) is 29.1 Å². The van der Waals surface area contributed by atoms with Gasteiger partial charge in [-0.2, -0.15) is 0 Å². The fourth-order valence-corrected chi connectivity index (χ4v) is 2.16. The third kappa shape index (κ3) is 7.99. The molecule has 0 aromatic heterocycles. The van der Waals surface area contributed by atoms with E-state index in [4.69, 9.17) is 9.47 Å². The molecule has 0 spiro atoms. The van der Waals surface area contributed by atoms with E-state index in [1.165, 1.54) is 6.92 Å². The van der Waals surface area contributed by atoms with Crippen LogP contribution in [0.1, 0.15) is 32.8 Å². The number of rotatable bonds is 10. The molecule has 0 saturated carbocycles. The van der Waals surface area contributed by atoms with Crippen LogP contribution < -0.4 is 0 Å². The second kappa shape index (κ2) is 11.4. The zero-order valence-corrected chi connectivity index (χ0v) is 16.2. The lowest BCUT2D eigenvalue weighted by atomic mass is 10.2. The lowest BCUT2D eigenvalue weighted by Gasteiger charge is -2.23. The Morgan fingerprint density at radius 3 is 1.90 bits per heavy atom. The molecule has 0 aliphatic carbocycles. The first-order valence-corrected chi connectivity index (χ1v) is 8.64. The van der Waals surface area contributed by atoms with Crippen molar-refractivity contribution < 1.29 is 48.0 Å². The van der Waals surface area contributed by atoms with E-state index in [0.717, 1.165) is 13.8 Å². The smallest absolute Gasteiger partial charge is 0.352 e. The number of carboxylic acids is 1. The summed E-state index contributed by atoms with van der Waals surface area (Å²) in [6.07, 6.45) is -5.60. The molecule has 158 valence electrons. The van der Waals surface area contributed by atoms with Crippen molar-refractivity contribution in [1.82, 2.24) is 0 Å². The molecule has 29 heavy (non-hydrogen) atoms. The number of aliphatic carboxylic acids is 1. The van der Waals surface area contributed by atoms with E-state index >= 15 is 0 Å². The molecule has 0 amide bonds. The Morgan fingerprint density at radius 2 is 1.41 bits per heavy atom. The van der Waals surface area contributed by atoms with Crippen LogP contribution in [0.3, 0.4) is 0 Å². The Balaban J connectivity index is 2.87. The lowest BCUT2D eigenvalue weighted by molar-refractivity contribution is -0.193. The first-order chi connectivity index (χ1) is 13.6. The average molecular weight is 410 g/mol. The Labute approximate surface area is 166 Å². The molecule has 10 nitrogen and oxygen atoms in total. The summed E-state index contributed by atoms with van der Waals surface area (Å²) in [5.41, 5.74) is 0.709. The summed E-state index contributed by atoms with van der Waals surface area (Å²) in [7, 11) is 0. The van der Waals surface area contributed by atoms with Crippen LogP contribution >= 0.6 is 0 Å². The van der Waals surface area contributed by atoms with Gasteiger partial charge >= 0.3 is 29.8 Å². The molecule has 1 rings (SSSR count). The number of esters is 4. The molecule has 0 unspecified atom stereocenters. The minimum atomic E-state index is -2.14. The zero-order valence-electron chi connectivity index (χ0n) is 16.2. The Bertz CT molecular complexity index is 743. The molecule has 0 aliphatic rings. The highest BCUT2D eigenvalue weighted by molar-refractivity contribution is 5.89. The predicted molar refractivity (Wildman–Crippen MR) is 95.2 cm³/mol. The van der Waals surface area contributed by atoms with Gasteiger partial charge in [0.25, 0.3) is 0 Å². The number of hydrogen-bond acceptors (Lipinski definition) is 9. The van der Waals surface area contributed by atoms with E-state index in [1.54, 1.807) is 30.3 Å². The van der Waals surface area contributed by atoms with E-state index in [0.29, 0.717) is 5.56 Å². The molecule has 10 heteroatoms. The van der Waals surface area contributed by atoms with Gasteiger partial charge in [-0.25, -0.2) is 14.4 Å². The molecule has 0 heterocycles. The molecule has 0 saturated heterocycles. The summed E-state index contributed by atoms with van der Waals surface area (Å²) < 4.78 is 19.3. The third-order valence-electron chi connectivity index (χ3n) is 3.45. The topological polar surface area (TPSA) is 142 Å². The van der Waals surface area contributed by atoms with Gasteiger partial charge in [0.1, 0.15) is 6.61 Å². The van der Waals surface area contributed by atoms with E-state index in [1.807, 2.05) is 0 Å². The highest BCUT2D eigenvalue weighted by atomic mass is 16.6. The Morgan fingerprint density at radius 1 is 0.862 bits per heavy atom. The molecular weight excluding hydrogens is 388 g/mol. The van der Waals surface area contributed by atoms with Gasteiger partial charge < -0.3 is 24.1 Å². The maximum atomic E-state index is 12.4. The monoisotopic (exact) mass is 410 g/mol. The maximum Gasteiger partial charge on any atom is 0.352 e. The van der Waals surface area contributed by atoms with Crippen molar-refractivity contribution in [3.05, 3.63) is 35.9 Å². The standard InChI is InChI=1S/C19H22O10/c1-4-14(18(24)26-10-13-8-6-5-7-9-13)29-19(25)16(28-12(3)21)15(17(22)23)27-11(2)20/h5-9,14-16H,4,10H2,1-3H3,(H,22,23)/t14-,15+,16+/m0/s1. The van der Waals surface area contributed by atoms with E-state index < -0.39 is 48.2 Å². The third-order valence-corrected chi connectivity index (χ3v) is 3.45. The largest absolute Gasteiger partial charge is 0.478 e. The number of carbonyl (C=O) groups excluding carboxylic acids is 4. The summed E-state index contributed by atoms with van der Waals surface area (Å²) in [5.74, 6) is -5.99. The number of carbonyl (C=O) groups is 5. The molecule has 0 bridgehead atoms. The van der Waals surface area contributed by atoms with Crippen molar-refractivity contribution in [2.75, 3.05) is 0 Å². The molecule has 0 aliphatic heterocycles. The van der Waals surface area contributed by atoms with Crippen molar-refractivity contribution in [1.29, 1.82) is 0 Å². The summed E-state index contributed by atoms with van der Waals surface area (Å²) >= 11 is 0. The number of ether oxygens (including phenoxy) is 4. The molecule has 3 atom stereocenters. The Hall–Kier alpha value is -3.43. The van der Waals surface area contributed by atoms with Crippen molar-refractivity contribution in [2.45, 2.75) is 52.1 Å². The van der Waals surface area contributed by atoms with Gasteiger partial charge in [0.2, 0.25) is 12.2 Å². The zero-order chi connectivity index (χ0) is 22.0. The van der Waals surface area contributed by atoms with E-state index in [2.05, 4.69) is 9.47 Å². The molecule has 1 aromatic carbocycles. The number of hydrogen-bond donors (Lipinski definition) is 1. The quantitative estimate of drug-likeness (QED) is 0.438. The van der Waals surface area contributed by atoms with Crippen LogP contribution in [0.4, 0.5) is 0 Å². The summed E-state index contributed by atoms with van der Waals surface area (Å²) in [4.78, 5) is 58.3. The highest BCUT2D eigenvalue weighted by Gasteiger charge is 2.42. The van der Waals surface area contributed by atoms with Gasteiger partial charge in [0, 0.05) is 13.8 Å². The molecule has 0 fully saturated rings. The van der Waals surface area contributed by atoms with Crippen molar-refractivity contribution in [2.24, 2.45) is 0 Å². The van der Waals surface area contributed by atoms with Crippen LogP contribution in [-0.4, -0.2) is 53.3 Å². The first-order valence-electron chi connectivity index (χ1n) is 8.64. The second-order valence-electron chi connectivity index (χ2n) is 5.83. The summed E-state index contributed by atoms with van der Waals surface area (Å²) in [5, 5.41) is 9.20. The molecular formula is C19H22O10. The number of benzene rings is 1. The van der Waals surface area contributed by atoms with Gasteiger partial charge in [-0.05, 0) is 12.0 Å². The summed E-state index contributed by atoms with van der Waals surface area (Å²) in [6.45, 7) is 3.32. The van der Waals surface area contributed by atoms with Crippen LogP contribution in [0.2, 0.25) is 0 Å². The highest BCUT2D eigenvalue weighted by Crippen LogP contribution is 2.13. The van der Waals surface area contributed by atoms with E-state index in [-0.39, 0.29) is 13.0 Å². The number of carboxylic acid groups (broad SMARTS) is 1. The van der Waals surface area contributed by atoms with Gasteiger partial charge in [0.05, 0.1) is 0 Å². The molecule has 1 aromatic rings. The fourth-order valence-electron chi connectivity index (χ4n) is 2.16. The van der Waals surface area contributed by atoms with Gasteiger partial charge in [-0.15, -0.1) is 0 Å². The lowest BCUT2D eigenvalue weighted by Crippen LogP contribution is -2.47. The van der Waals surface area contributed by atoms with Gasteiger partial charge in [-0.3, -0.25) is 9.59 Å². The predicted octanol–water partition coefficient (Wildman–Crippen LogP) is 1.000. The van der Waals surface area contributed by atoms with Gasteiger partial charge in [0.15, 0.2) is 6.10 Å². The van der Waals surface area contributed by atoms with Crippen LogP contribution in [0.25, 0.3) is 0 Å². The van der Waals surface area contributed by atoms with Gasteiger partial charge in [-0.1, -0.05) is 37.3 Å². The minimum absolute atomic E-state index is 0.0114. The van der Waals surface area contributed by atoms with Crippen LogP contribution in [0.15, 0.2) is 30.3 Å². The van der Waals surface area contributed by atoms with Crippen LogP contribution in [0, 0.1) is 0 Å². The van der Waals surface area contributed by atoms with Crippen LogP contribution in [-0.2, 0) is 49.5 Å². The summed E-state index contributed by atoms with van der Waals surface area (Å²) in [6, 6.07) is 8.76. The van der Waals surface area contributed by atoms with Crippen molar-refractivity contribution >= 4 is 29.8 Å². The fraction of sp³-hybridized carbons (Fsp3) is 0.421. The Kier molecular flexibility index (Phi) is 9.30. The normalized spacial score (nSPS) is 13.3. The SMILES string of the molecule is CC[C@H](OC(=O)[C@H](OC(C)=O)[C@@H](OC(C)=O)C(=O)O)C(=O)OCc1ccccc1. The maximum absolute atomic E-state index is 12.4. The molecule has 0 radical (unpaired) electrons. The minimum Gasteiger partial charge on any atom is -0.478 e. The van der Waals surface area contributed by atoms with Crippen molar-refractivity contribution in [3.63, 3.8) is 0 Å². The first kappa shape index (κ1) is 23.6. The van der Waals surface area contributed by atoms with Crippen LogP contribution in [0.5, 0.6) is 0 Å². The molecule has 1 N–H and O–H groups in total. The average Bonchev–Trinajstić information content (AvgIpc) is 2.66. The second-order valence-corrected chi connectivity index (χ2v) is 5.83.